The molecular formula is C12H19N5O. The van der Waals surface area contributed by atoms with Gasteiger partial charge < -0.3 is 16.8 Å². The van der Waals surface area contributed by atoms with E-state index < -0.39 is 5.91 Å². The number of nitrogens with zero attached hydrogens (tertiary/aromatic N) is 2. The van der Waals surface area contributed by atoms with Crippen LogP contribution >= 0.6 is 0 Å². The number of primary amides is 1. The molecular weight excluding hydrogens is 230 g/mol. The molecule has 1 saturated carbocycles. The standard InChI is InChI=1S/C12H19N5O/c13-7-8-1-3-9(4-2-8)15-11-6-5-10(12(14)18)16-17-11/h5-6,8-9H,1-4,7,13H2,(H2,14,18)(H,15,17). The topological polar surface area (TPSA) is 107 Å². The second kappa shape index (κ2) is 5.77. The predicted molar refractivity (Wildman–Crippen MR) is 69.0 cm³/mol. The van der Waals surface area contributed by atoms with Crippen molar-refractivity contribution >= 4 is 11.7 Å². The Bertz CT molecular complexity index is 397. The normalized spacial score (nSPS) is 23.6. The molecule has 1 aromatic rings. The zero-order valence-electron chi connectivity index (χ0n) is 10.3. The Hall–Kier alpha value is -1.69. The summed E-state index contributed by atoms with van der Waals surface area (Å²) in [5.41, 5.74) is 11.0. The number of aromatic nitrogens is 2. The molecule has 1 amide bonds. The molecule has 1 heterocycles. The molecule has 0 aromatic carbocycles. The predicted octanol–water partition coefficient (Wildman–Crippen LogP) is 0.505. The van der Waals surface area contributed by atoms with Gasteiger partial charge in [0, 0.05) is 6.04 Å². The molecule has 5 N–H and O–H groups in total. The second-order valence-corrected chi connectivity index (χ2v) is 4.77. The highest BCUT2D eigenvalue weighted by molar-refractivity contribution is 5.90. The van der Waals surface area contributed by atoms with Gasteiger partial charge in [-0.3, -0.25) is 4.79 Å². The number of amides is 1. The molecule has 0 radical (unpaired) electrons. The van der Waals surface area contributed by atoms with Crippen molar-refractivity contribution in [2.75, 3.05) is 11.9 Å². The SMILES string of the molecule is NCC1CCC(Nc2ccc(C(N)=O)nn2)CC1. The lowest BCUT2D eigenvalue weighted by atomic mass is 9.86. The van der Waals surface area contributed by atoms with E-state index in [0.717, 1.165) is 32.2 Å². The van der Waals surface area contributed by atoms with Gasteiger partial charge in [0.2, 0.25) is 0 Å². The summed E-state index contributed by atoms with van der Waals surface area (Å²) in [6.07, 6.45) is 4.50. The van der Waals surface area contributed by atoms with Gasteiger partial charge in [-0.25, -0.2) is 0 Å². The van der Waals surface area contributed by atoms with E-state index in [4.69, 9.17) is 11.5 Å². The summed E-state index contributed by atoms with van der Waals surface area (Å²) in [6, 6.07) is 3.74. The van der Waals surface area contributed by atoms with Crippen LogP contribution in [0.1, 0.15) is 36.2 Å². The smallest absolute Gasteiger partial charge is 0.269 e. The van der Waals surface area contributed by atoms with Crippen molar-refractivity contribution in [3.63, 3.8) is 0 Å². The van der Waals surface area contributed by atoms with Crippen LogP contribution in [-0.4, -0.2) is 28.7 Å². The molecule has 1 aliphatic rings. The Morgan fingerprint density at radius 1 is 1.28 bits per heavy atom. The van der Waals surface area contributed by atoms with Crippen LogP contribution in [0.25, 0.3) is 0 Å². The van der Waals surface area contributed by atoms with Gasteiger partial charge in [-0.15, -0.1) is 10.2 Å². The number of anilines is 1. The molecule has 0 aliphatic heterocycles. The number of nitrogens with two attached hydrogens (primary N) is 2. The third-order valence-corrected chi connectivity index (χ3v) is 3.45. The van der Waals surface area contributed by atoms with Crippen molar-refractivity contribution in [3.8, 4) is 0 Å². The highest BCUT2D eigenvalue weighted by Crippen LogP contribution is 2.25. The van der Waals surface area contributed by atoms with Gasteiger partial charge in [-0.1, -0.05) is 0 Å². The highest BCUT2D eigenvalue weighted by Gasteiger charge is 2.20. The molecule has 0 saturated heterocycles. The molecule has 98 valence electrons. The summed E-state index contributed by atoms with van der Waals surface area (Å²) < 4.78 is 0. The third kappa shape index (κ3) is 3.16. The molecule has 2 rings (SSSR count). The average Bonchev–Trinajstić information content (AvgIpc) is 2.40. The maximum Gasteiger partial charge on any atom is 0.269 e. The third-order valence-electron chi connectivity index (χ3n) is 3.45. The van der Waals surface area contributed by atoms with Crippen LogP contribution in [0.3, 0.4) is 0 Å². The highest BCUT2D eigenvalue weighted by atomic mass is 16.1. The Labute approximate surface area is 106 Å². The zero-order valence-corrected chi connectivity index (χ0v) is 10.3. The summed E-state index contributed by atoms with van der Waals surface area (Å²) >= 11 is 0. The van der Waals surface area contributed by atoms with Crippen LogP contribution in [0.4, 0.5) is 5.82 Å². The molecule has 0 spiro atoms. The Balaban J connectivity index is 1.88. The number of nitrogens with one attached hydrogen (secondary N) is 1. The first-order valence-corrected chi connectivity index (χ1v) is 6.29. The molecule has 0 bridgehead atoms. The number of hydrogen-bond donors (Lipinski definition) is 3. The molecule has 1 fully saturated rings. The van der Waals surface area contributed by atoms with E-state index >= 15 is 0 Å². The molecule has 1 aromatic heterocycles. The first-order chi connectivity index (χ1) is 8.69. The van der Waals surface area contributed by atoms with Crippen molar-refractivity contribution in [2.45, 2.75) is 31.7 Å². The van der Waals surface area contributed by atoms with Gasteiger partial charge in [0.05, 0.1) is 0 Å². The van der Waals surface area contributed by atoms with Crippen LogP contribution < -0.4 is 16.8 Å². The van der Waals surface area contributed by atoms with Crippen molar-refractivity contribution in [2.24, 2.45) is 17.4 Å². The largest absolute Gasteiger partial charge is 0.366 e. The summed E-state index contributed by atoms with van der Waals surface area (Å²) in [5, 5.41) is 11.0. The van der Waals surface area contributed by atoms with Crippen LogP contribution in [0.5, 0.6) is 0 Å². The fourth-order valence-corrected chi connectivity index (χ4v) is 2.29. The maximum absolute atomic E-state index is 10.9. The first-order valence-electron chi connectivity index (χ1n) is 6.29. The van der Waals surface area contributed by atoms with E-state index in [1.807, 2.05) is 0 Å². The first kappa shape index (κ1) is 12.8. The minimum Gasteiger partial charge on any atom is -0.366 e. The van der Waals surface area contributed by atoms with Gasteiger partial charge in [0.25, 0.3) is 5.91 Å². The van der Waals surface area contributed by atoms with Gasteiger partial charge in [0.15, 0.2) is 5.69 Å². The van der Waals surface area contributed by atoms with Crippen LogP contribution in [0.15, 0.2) is 12.1 Å². The van der Waals surface area contributed by atoms with Crippen molar-refractivity contribution in [1.29, 1.82) is 0 Å². The van der Waals surface area contributed by atoms with Crippen molar-refractivity contribution in [1.82, 2.24) is 10.2 Å². The van der Waals surface area contributed by atoms with E-state index in [2.05, 4.69) is 15.5 Å². The van der Waals surface area contributed by atoms with Crippen LogP contribution in [0.2, 0.25) is 0 Å². The van der Waals surface area contributed by atoms with Gasteiger partial charge in [-0.05, 0) is 50.3 Å². The Morgan fingerprint density at radius 3 is 2.50 bits per heavy atom. The van der Waals surface area contributed by atoms with E-state index in [0.29, 0.717) is 17.8 Å². The lowest BCUT2D eigenvalue weighted by Crippen LogP contribution is -2.29. The lowest BCUT2D eigenvalue weighted by molar-refractivity contribution is 0.0994. The zero-order chi connectivity index (χ0) is 13.0. The fourth-order valence-electron chi connectivity index (χ4n) is 2.29. The lowest BCUT2D eigenvalue weighted by Gasteiger charge is -2.28. The fraction of sp³-hybridized carbons (Fsp3) is 0.583. The molecule has 6 nitrogen and oxygen atoms in total. The monoisotopic (exact) mass is 249 g/mol. The van der Waals surface area contributed by atoms with Crippen molar-refractivity contribution in [3.05, 3.63) is 17.8 Å². The van der Waals surface area contributed by atoms with E-state index in [1.54, 1.807) is 12.1 Å². The van der Waals surface area contributed by atoms with E-state index in [-0.39, 0.29) is 5.69 Å². The number of rotatable bonds is 4. The van der Waals surface area contributed by atoms with Crippen molar-refractivity contribution < 1.29 is 4.79 Å². The summed E-state index contributed by atoms with van der Waals surface area (Å²) in [7, 11) is 0. The Morgan fingerprint density at radius 2 is 2.00 bits per heavy atom. The minimum atomic E-state index is -0.558. The second-order valence-electron chi connectivity index (χ2n) is 4.77. The summed E-state index contributed by atoms with van der Waals surface area (Å²) in [6.45, 7) is 0.778. The summed E-state index contributed by atoms with van der Waals surface area (Å²) in [4.78, 5) is 10.9. The van der Waals surface area contributed by atoms with Gasteiger partial charge in [-0.2, -0.15) is 0 Å². The van der Waals surface area contributed by atoms with E-state index in [1.165, 1.54) is 0 Å². The average molecular weight is 249 g/mol. The van der Waals surface area contributed by atoms with Gasteiger partial charge in [0.1, 0.15) is 5.82 Å². The molecule has 1 aliphatic carbocycles. The molecule has 0 atom stereocenters. The summed E-state index contributed by atoms with van der Waals surface area (Å²) in [5.74, 6) is 0.792. The number of carbonyl (C=O) groups is 1. The van der Waals surface area contributed by atoms with Crippen LogP contribution in [0, 0.1) is 5.92 Å². The maximum atomic E-state index is 10.9. The Kier molecular flexibility index (Phi) is 4.09. The number of hydrogen-bond acceptors (Lipinski definition) is 5. The minimum absolute atomic E-state index is 0.187. The van der Waals surface area contributed by atoms with Crippen LogP contribution in [-0.2, 0) is 0 Å². The van der Waals surface area contributed by atoms with Gasteiger partial charge >= 0.3 is 0 Å². The molecule has 6 heteroatoms. The molecule has 18 heavy (non-hydrogen) atoms. The van der Waals surface area contributed by atoms with E-state index in [9.17, 15) is 4.79 Å². The number of carbonyl (C=O) groups excluding carboxylic acids is 1. The quantitative estimate of drug-likeness (QED) is 0.720. The molecule has 0 unspecified atom stereocenters.